The van der Waals surface area contributed by atoms with E-state index in [0.717, 1.165) is 23.4 Å². The van der Waals surface area contributed by atoms with Gasteiger partial charge in [0.2, 0.25) is 10.0 Å². The molecule has 0 radical (unpaired) electrons. The predicted molar refractivity (Wildman–Crippen MR) is 127 cm³/mol. The van der Waals surface area contributed by atoms with E-state index >= 15 is 0 Å². The average Bonchev–Trinajstić information content (AvgIpc) is 3.37. The Kier molecular flexibility index (Phi) is 10.0. The summed E-state index contributed by atoms with van der Waals surface area (Å²) in [6.45, 7) is 4.39. The molecule has 1 fully saturated rings. The lowest BCUT2D eigenvalue weighted by molar-refractivity contribution is 0.424. The van der Waals surface area contributed by atoms with Crippen molar-refractivity contribution in [1.29, 1.82) is 0 Å². The molecule has 2 N–H and O–H groups in total. The molecule has 0 heterocycles. The first-order chi connectivity index (χ1) is 12.3. The van der Waals surface area contributed by atoms with E-state index in [-0.39, 0.29) is 29.4 Å². The molecule has 0 bridgehead atoms. The summed E-state index contributed by atoms with van der Waals surface area (Å²) in [4.78, 5) is 4.27. The Hall–Kier alpha value is -0.390. The van der Waals surface area contributed by atoms with Crippen LogP contribution in [0.2, 0.25) is 0 Å². The Bertz CT molecular complexity index is 739. The van der Waals surface area contributed by atoms with Crippen LogP contribution in [0.4, 0.5) is 0 Å². The molecule has 1 aliphatic carbocycles. The van der Waals surface area contributed by atoms with Gasteiger partial charge in [0.15, 0.2) is 5.96 Å². The zero-order valence-corrected chi connectivity index (χ0v) is 20.9. The largest absolute Gasteiger partial charge is 0.356 e. The standard InChI is InChI=1S/C18H29BrN4O2S.HI/c1-4-23(26(3,24)25)12-6-11-21-17(20-2)22-14-18(9-10-18)15-7-5-8-16(19)13-15;/h5,7-8,13H,4,6,9-12,14H2,1-3H3,(H2,20,21,22);1H. The highest BCUT2D eigenvalue weighted by Crippen LogP contribution is 2.48. The first-order valence-corrected chi connectivity index (χ1v) is 11.6. The third-order valence-corrected chi connectivity index (χ3v) is 6.68. The SMILES string of the molecule is CCN(CCCNC(=NC)NCC1(c2cccc(Br)c2)CC1)S(C)(=O)=O.I. The summed E-state index contributed by atoms with van der Waals surface area (Å²) in [5, 5.41) is 6.69. The van der Waals surface area contributed by atoms with Gasteiger partial charge in [-0.3, -0.25) is 4.99 Å². The Morgan fingerprint density at radius 1 is 1.33 bits per heavy atom. The van der Waals surface area contributed by atoms with Crippen LogP contribution in [0.25, 0.3) is 0 Å². The number of nitrogens with zero attached hydrogens (tertiary/aromatic N) is 2. The summed E-state index contributed by atoms with van der Waals surface area (Å²) in [6.07, 6.45) is 4.33. The summed E-state index contributed by atoms with van der Waals surface area (Å²) in [5.74, 6) is 0.758. The van der Waals surface area contributed by atoms with Crippen LogP contribution in [-0.2, 0) is 15.4 Å². The molecule has 27 heavy (non-hydrogen) atoms. The first kappa shape index (κ1) is 24.6. The minimum absolute atomic E-state index is 0. The van der Waals surface area contributed by atoms with Crippen LogP contribution >= 0.6 is 39.9 Å². The van der Waals surface area contributed by atoms with E-state index in [9.17, 15) is 8.42 Å². The number of hydrogen-bond donors (Lipinski definition) is 2. The van der Waals surface area contributed by atoms with Gasteiger partial charge >= 0.3 is 0 Å². The van der Waals surface area contributed by atoms with Gasteiger partial charge < -0.3 is 10.6 Å². The molecule has 6 nitrogen and oxygen atoms in total. The Morgan fingerprint density at radius 3 is 2.56 bits per heavy atom. The second kappa shape index (κ2) is 11.0. The molecule has 9 heteroatoms. The van der Waals surface area contributed by atoms with Crippen LogP contribution in [0, 0.1) is 0 Å². The van der Waals surface area contributed by atoms with Crippen molar-refractivity contribution in [1.82, 2.24) is 14.9 Å². The van der Waals surface area contributed by atoms with Gasteiger partial charge in [-0.1, -0.05) is 35.0 Å². The van der Waals surface area contributed by atoms with Gasteiger partial charge in [0, 0.05) is 43.1 Å². The van der Waals surface area contributed by atoms with E-state index in [1.54, 1.807) is 7.05 Å². The van der Waals surface area contributed by atoms with E-state index in [1.165, 1.54) is 29.0 Å². The molecule has 154 valence electrons. The second-order valence-electron chi connectivity index (χ2n) is 6.75. The van der Waals surface area contributed by atoms with Crippen molar-refractivity contribution in [3.05, 3.63) is 34.3 Å². The van der Waals surface area contributed by atoms with E-state index in [0.29, 0.717) is 19.6 Å². The summed E-state index contributed by atoms with van der Waals surface area (Å²) in [6, 6.07) is 8.49. The van der Waals surface area contributed by atoms with Crippen molar-refractivity contribution < 1.29 is 8.42 Å². The molecule has 0 atom stereocenters. The molecular weight excluding hydrogens is 543 g/mol. The van der Waals surface area contributed by atoms with Crippen LogP contribution in [0.3, 0.4) is 0 Å². The molecule has 1 aliphatic rings. The van der Waals surface area contributed by atoms with Crippen molar-refractivity contribution in [3.63, 3.8) is 0 Å². The highest BCUT2D eigenvalue weighted by atomic mass is 127. The van der Waals surface area contributed by atoms with Crippen LogP contribution in [-0.4, -0.2) is 58.2 Å². The fourth-order valence-electron chi connectivity index (χ4n) is 3.03. The minimum atomic E-state index is -3.12. The van der Waals surface area contributed by atoms with Crippen molar-refractivity contribution in [2.45, 2.75) is 31.6 Å². The summed E-state index contributed by atoms with van der Waals surface area (Å²) < 4.78 is 25.8. The number of nitrogens with one attached hydrogen (secondary N) is 2. The average molecular weight is 573 g/mol. The van der Waals surface area contributed by atoms with Gasteiger partial charge in [0.1, 0.15) is 0 Å². The highest BCUT2D eigenvalue weighted by Gasteiger charge is 2.44. The fourth-order valence-corrected chi connectivity index (χ4v) is 4.36. The van der Waals surface area contributed by atoms with E-state index in [1.807, 2.05) is 13.0 Å². The number of aliphatic imine (C=N–C) groups is 1. The molecule has 0 amide bonds. The summed E-state index contributed by atoms with van der Waals surface area (Å²) in [7, 11) is -1.37. The predicted octanol–water partition coefficient (Wildman–Crippen LogP) is 2.94. The maximum absolute atomic E-state index is 11.6. The second-order valence-corrected chi connectivity index (χ2v) is 9.65. The van der Waals surface area contributed by atoms with E-state index < -0.39 is 10.0 Å². The van der Waals surface area contributed by atoms with Crippen molar-refractivity contribution in [3.8, 4) is 0 Å². The molecule has 0 aliphatic heterocycles. The normalized spacial score (nSPS) is 16.0. The van der Waals surface area contributed by atoms with Gasteiger partial charge in [-0.05, 0) is 37.0 Å². The molecule has 0 spiro atoms. The van der Waals surface area contributed by atoms with Gasteiger partial charge in [0.05, 0.1) is 6.26 Å². The van der Waals surface area contributed by atoms with E-state index in [2.05, 4.69) is 49.8 Å². The summed E-state index contributed by atoms with van der Waals surface area (Å²) in [5.41, 5.74) is 1.54. The molecule has 0 unspecified atom stereocenters. The fraction of sp³-hybridized carbons (Fsp3) is 0.611. The molecule has 1 aromatic rings. The Morgan fingerprint density at radius 2 is 2.04 bits per heavy atom. The Labute approximate surface area is 188 Å². The van der Waals surface area contributed by atoms with Crippen LogP contribution in [0.5, 0.6) is 0 Å². The van der Waals surface area contributed by atoms with Crippen LogP contribution in [0.15, 0.2) is 33.7 Å². The van der Waals surface area contributed by atoms with Gasteiger partial charge in [-0.15, -0.1) is 24.0 Å². The topological polar surface area (TPSA) is 73.8 Å². The highest BCUT2D eigenvalue weighted by molar-refractivity contribution is 14.0. The summed E-state index contributed by atoms with van der Waals surface area (Å²) >= 11 is 3.55. The lowest BCUT2D eigenvalue weighted by Gasteiger charge is -2.20. The molecular formula is C18H30BrIN4O2S. The van der Waals surface area contributed by atoms with Gasteiger partial charge in [0.25, 0.3) is 0 Å². The lowest BCUT2D eigenvalue weighted by Crippen LogP contribution is -2.42. The number of benzene rings is 1. The van der Waals surface area contributed by atoms with Crippen LogP contribution < -0.4 is 10.6 Å². The smallest absolute Gasteiger partial charge is 0.211 e. The van der Waals surface area contributed by atoms with Crippen molar-refractivity contribution >= 4 is 55.9 Å². The molecule has 0 saturated heterocycles. The number of halogens is 2. The monoisotopic (exact) mass is 572 g/mol. The van der Waals surface area contributed by atoms with Gasteiger partial charge in [-0.25, -0.2) is 12.7 Å². The maximum Gasteiger partial charge on any atom is 0.211 e. The van der Waals surface area contributed by atoms with E-state index in [4.69, 9.17) is 0 Å². The number of guanidine groups is 1. The molecule has 1 saturated carbocycles. The zero-order valence-electron chi connectivity index (χ0n) is 16.2. The van der Waals surface area contributed by atoms with Crippen molar-refractivity contribution in [2.75, 3.05) is 39.5 Å². The zero-order chi connectivity index (χ0) is 19.2. The molecule has 2 rings (SSSR count). The van der Waals surface area contributed by atoms with Crippen molar-refractivity contribution in [2.24, 2.45) is 4.99 Å². The maximum atomic E-state index is 11.6. The number of hydrogen-bond acceptors (Lipinski definition) is 3. The lowest BCUT2D eigenvalue weighted by atomic mass is 9.96. The number of rotatable bonds is 9. The quantitative estimate of drug-likeness (QED) is 0.206. The third kappa shape index (κ3) is 7.51. The molecule has 1 aromatic carbocycles. The molecule has 0 aromatic heterocycles. The third-order valence-electron chi connectivity index (χ3n) is 4.81. The van der Waals surface area contributed by atoms with Gasteiger partial charge in [-0.2, -0.15) is 0 Å². The minimum Gasteiger partial charge on any atom is -0.356 e. The number of sulfonamides is 1. The van der Waals surface area contributed by atoms with Crippen LogP contribution in [0.1, 0.15) is 31.7 Å². The Balaban J connectivity index is 0.00000364. The first-order valence-electron chi connectivity index (χ1n) is 8.96.